The lowest BCUT2D eigenvalue weighted by Crippen LogP contribution is -2.22. The maximum absolute atomic E-state index is 11.5. The summed E-state index contributed by atoms with van der Waals surface area (Å²) in [5.41, 5.74) is 3.83. The van der Waals surface area contributed by atoms with Crippen LogP contribution in [-0.4, -0.2) is 27.2 Å². The van der Waals surface area contributed by atoms with Crippen molar-refractivity contribution in [3.05, 3.63) is 48.0 Å². The van der Waals surface area contributed by atoms with Crippen LogP contribution in [0.5, 0.6) is 0 Å². The Labute approximate surface area is 144 Å². The molecule has 0 atom stereocenters. The van der Waals surface area contributed by atoms with Gasteiger partial charge in [0.2, 0.25) is 0 Å². The minimum absolute atomic E-state index is 0.0564. The van der Waals surface area contributed by atoms with Crippen LogP contribution >= 0.6 is 0 Å². The van der Waals surface area contributed by atoms with E-state index in [4.69, 9.17) is 5.11 Å². The van der Waals surface area contributed by atoms with E-state index in [1.165, 1.54) is 5.56 Å². The fourth-order valence-electron chi connectivity index (χ4n) is 2.71. The third kappa shape index (κ3) is 3.24. The largest absolute Gasteiger partial charge is 0.474 e. The number of benzene rings is 2. The van der Waals surface area contributed by atoms with E-state index >= 15 is 0 Å². The first-order valence-corrected chi connectivity index (χ1v) is 7.89. The number of hydrogen-bond acceptors (Lipinski definition) is 3. The normalized spacial score (nSPS) is 11.5. The highest BCUT2D eigenvalue weighted by Crippen LogP contribution is 2.33. The number of carboxylic acids is 1. The Morgan fingerprint density at radius 1 is 1.08 bits per heavy atom. The van der Waals surface area contributed by atoms with Crippen molar-refractivity contribution in [2.45, 2.75) is 26.2 Å². The van der Waals surface area contributed by atoms with Gasteiger partial charge in [-0.05, 0) is 28.2 Å². The highest BCUT2D eigenvalue weighted by atomic mass is 16.4. The number of amides is 1. The van der Waals surface area contributed by atoms with E-state index in [-0.39, 0.29) is 11.2 Å². The van der Waals surface area contributed by atoms with Crippen LogP contribution in [0.1, 0.15) is 26.3 Å². The van der Waals surface area contributed by atoms with Gasteiger partial charge in [-0.2, -0.15) is 5.10 Å². The second-order valence-corrected chi connectivity index (χ2v) is 6.89. The molecule has 0 saturated heterocycles. The van der Waals surface area contributed by atoms with Gasteiger partial charge in [-0.1, -0.05) is 57.2 Å². The Hall–Kier alpha value is -3.15. The van der Waals surface area contributed by atoms with Crippen molar-refractivity contribution in [1.29, 1.82) is 0 Å². The number of aromatic amines is 1. The maximum atomic E-state index is 11.5. The number of H-pyrrole nitrogens is 1. The molecule has 6 heteroatoms. The number of carbonyl (C=O) groups is 2. The van der Waals surface area contributed by atoms with E-state index in [1.807, 2.05) is 30.3 Å². The number of fused-ring (bicyclic) bond motifs is 1. The molecule has 6 nitrogen and oxygen atoms in total. The van der Waals surface area contributed by atoms with Crippen LogP contribution in [0.2, 0.25) is 0 Å². The summed E-state index contributed by atoms with van der Waals surface area (Å²) in [5, 5.41) is 18.7. The smallest absolute Gasteiger partial charge is 0.394 e. The van der Waals surface area contributed by atoms with Crippen LogP contribution in [0.4, 0.5) is 5.82 Å². The lowest BCUT2D eigenvalue weighted by molar-refractivity contribution is -0.147. The number of hydrogen-bond donors (Lipinski definition) is 3. The summed E-state index contributed by atoms with van der Waals surface area (Å²) in [6.07, 6.45) is 0. The van der Waals surface area contributed by atoms with Gasteiger partial charge in [-0.25, -0.2) is 4.79 Å². The van der Waals surface area contributed by atoms with Gasteiger partial charge in [-0.3, -0.25) is 15.2 Å². The molecule has 1 aromatic heterocycles. The van der Waals surface area contributed by atoms with Crippen molar-refractivity contribution in [1.82, 2.24) is 10.2 Å². The number of carboxylic acid groups (broad SMARTS) is 1. The standard InChI is InChI=1S/C19H19N3O3/c1-19(2,3)12-9-7-11(8-10-12)13-5-4-6-14-15(13)16(22-21-14)20-17(23)18(24)25/h4-10H,1-3H3,(H,24,25)(H2,20,21,22,23). The molecule has 1 heterocycles. The van der Waals surface area contributed by atoms with Gasteiger partial charge in [0, 0.05) is 0 Å². The van der Waals surface area contributed by atoms with Crippen molar-refractivity contribution in [3.8, 4) is 11.1 Å². The third-order valence-electron chi connectivity index (χ3n) is 4.08. The Kier molecular flexibility index (Phi) is 4.04. The summed E-state index contributed by atoms with van der Waals surface area (Å²) in [4.78, 5) is 22.3. The van der Waals surface area contributed by atoms with Gasteiger partial charge in [0.15, 0.2) is 5.82 Å². The van der Waals surface area contributed by atoms with Gasteiger partial charge in [0.1, 0.15) is 0 Å². The summed E-state index contributed by atoms with van der Waals surface area (Å²) in [6, 6.07) is 13.8. The molecule has 0 aliphatic rings. The van der Waals surface area contributed by atoms with Gasteiger partial charge >= 0.3 is 11.9 Å². The van der Waals surface area contributed by atoms with E-state index in [0.717, 1.165) is 16.6 Å². The second kappa shape index (κ2) is 6.05. The van der Waals surface area contributed by atoms with Crippen LogP contribution in [0.15, 0.2) is 42.5 Å². The van der Waals surface area contributed by atoms with Crippen LogP contribution in [0.3, 0.4) is 0 Å². The number of nitrogens with zero attached hydrogens (tertiary/aromatic N) is 1. The third-order valence-corrected chi connectivity index (χ3v) is 4.08. The van der Waals surface area contributed by atoms with Crippen LogP contribution < -0.4 is 5.32 Å². The zero-order valence-corrected chi connectivity index (χ0v) is 14.3. The Morgan fingerprint density at radius 3 is 2.36 bits per heavy atom. The highest BCUT2D eigenvalue weighted by molar-refractivity contribution is 6.37. The van der Waals surface area contributed by atoms with E-state index in [1.54, 1.807) is 0 Å². The van der Waals surface area contributed by atoms with Gasteiger partial charge in [0.05, 0.1) is 10.9 Å². The minimum atomic E-state index is -1.55. The van der Waals surface area contributed by atoms with Crippen LogP contribution in [0, 0.1) is 0 Å². The Morgan fingerprint density at radius 2 is 1.76 bits per heavy atom. The van der Waals surface area contributed by atoms with Crippen molar-refractivity contribution in [2.75, 3.05) is 5.32 Å². The predicted molar refractivity (Wildman–Crippen MR) is 96.5 cm³/mol. The summed E-state index contributed by atoms with van der Waals surface area (Å²) in [6.45, 7) is 6.45. The van der Waals surface area contributed by atoms with Crippen molar-refractivity contribution in [2.24, 2.45) is 0 Å². The number of nitrogens with one attached hydrogen (secondary N) is 2. The van der Waals surface area contributed by atoms with Crippen LogP contribution in [-0.2, 0) is 15.0 Å². The minimum Gasteiger partial charge on any atom is -0.474 e. The van der Waals surface area contributed by atoms with Crippen molar-refractivity contribution >= 4 is 28.6 Å². The lowest BCUT2D eigenvalue weighted by Gasteiger charge is -2.19. The molecule has 3 N–H and O–H groups in total. The molecular formula is C19H19N3O3. The van der Waals surface area contributed by atoms with Gasteiger partial charge < -0.3 is 5.11 Å². The molecule has 3 rings (SSSR count). The molecule has 128 valence electrons. The molecule has 0 aliphatic heterocycles. The summed E-state index contributed by atoms with van der Waals surface area (Å²) >= 11 is 0. The van der Waals surface area contributed by atoms with Crippen LogP contribution in [0.25, 0.3) is 22.0 Å². The fraction of sp³-hybridized carbons (Fsp3) is 0.211. The molecule has 0 unspecified atom stereocenters. The van der Waals surface area contributed by atoms with Gasteiger partial charge in [-0.15, -0.1) is 0 Å². The quantitative estimate of drug-likeness (QED) is 0.623. The topological polar surface area (TPSA) is 95.1 Å². The molecule has 25 heavy (non-hydrogen) atoms. The summed E-state index contributed by atoms with van der Waals surface area (Å²) in [7, 11) is 0. The predicted octanol–water partition coefficient (Wildman–Crippen LogP) is 3.55. The van der Waals surface area contributed by atoms with E-state index < -0.39 is 11.9 Å². The number of rotatable bonds is 2. The fourth-order valence-corrected chi connectivity index (χ4v) is 2.71. The molecule has 0 radical (unpaired) electrons. The molecule has 2 aromatic carbocycles. The van der Waals surface area contributed by atoms with E-state index in [2.05, 4.69) is 48.4 Å². The first-order chi connectivity index (χ1) is 11.8. The summed E-state index contributed by atoms with van der Waals surface area (Å²) < 4.78 is 0. The van der Waals surface area contributed by atoms with E-state index in [9.17, 15) is 9.59 Å². The monoisotopic (exact) mass is 337 g/mol. The Bertz CT molecular complexity index is 950. The van der Waals surface area contributed by atoms with Crippen molar-refractivity contribution in [3.63, 3.8) is 0 Å². The molecule has 1 amide bonds. The second-order valence-electron chi connectivity index (χ2n) is 6.89. The average molecular weight is 337 g/mol. The number of carbonyl (C=O) groups excluding carboxylic acids is 1. The number of aliphatic carboxylic acids is 1. The Balaban J connectivity index is 2.08. The molecule has 0 saturated carbocycles. The van der Waals surface area contributed by atoms with Crippen molar-refractivity contribution < 1.29 is 14.7 Å². The molecule has 3 aromatic rings. The lowest BCUT2D eigenvalue weighted by atomic mass is 9.86. The molecule has 0 aliphatic carbocycles. The zero-order chi connectivity index (χ0) is 18.2. The van der Waals surface area contributed by atoms with Gasteiger partial charge in [0.25, 0.3) is 0 Å². The first-order valence-electron chi connectivity index (χ1n) is 7.89. The highest BCUT2D eigenvalue weighted by Gasteiger charge is 2.18. The maximum Gasteiger partial charge on any atom is 0.394 e. The molecular weight excluding hydrogens is 318 g/mol. The first kappa shape index (κ1) is 16.7. The number of anilines is 1. The molecule has 0 bridgehead atoms. The molecule has 0 spiro atoms. The van der Waals surface area contributed by atoms with E-state index in [0.29, 0.717) is 5.39 Å². The average Bonchev–Trinajstić information content (AvgIpc) is 2.97. The SMILES string of the molecule is CC(C)(C)c1ccc(-c2cccc3[nH]nc(NC(=O)C(=O)O)c23)cc1. The zero-order valence-electron chi connectivity index (χ0n) is 14.3. The summed E-state index contributed by atoms with van der Waals surface area (Å²) in [5.74, 6) is -2.47. The number of aromatic nitrogens is 2. The molecule has 0 fully saturated rings.